The molecule has 0 saturated heterocycles. The highest BCUT2D eigenvalue weighted by atomic mass is 32.2. The van der Waals surface area contributed by atoms with Crippen LogP contribution in [-0.4, -0.2) is 42.6 Å². The molecule has 0 unspecified atom stereocenters. The standard InChI is InChI=1S/C13H14N6O6S/c1-7-14-10(18-12(15-7)25-2)17-11(20)19-26(23,24)9-5-3-4-8(6-9)16-13(21)22/h3-6,16H,1-2H3,(H,21,22)(H2,14,15,17,18,19,20)/p-1. The van der Waals surface area contributed by atoms with E-state index in [0.29, 0.717) is 0 Å². The van der Waals surface area contributed by atoms with E-state index in [1.165, 1.54) is 32.2 Å². The number of methoxy groups -OCH3 is 1. The molecule has 138 valence electrons. The van der Waals surface area contributed by atoms with Gasteiger partial charge in [0.1, 0.15) is 11.9 Å². The second-order valence-corrected chi connectivity index (χ2v) is 6.38. The number of carbonyl (C=O) groups excluding carboxylic acids is 2. The van der Waals surface area contributed by atoms with E-state index in [2.05, 4.69) is 20.3 Å². The van der Waals surface area contributed by atoms with Gasteiger partial charge >= 0.3 is 12.0 Å². The highest BCUT2D eigenvalue weighted by molar-refractivity contribution is 7.90. The van der Waals surface area contributed by atoms with Crippen molar-refractivity contribution in [3.63, 3.8) is 0 Å². The number of ether oxygens (including phenoxy) is 1. The van der Waals surface area contributed by atoms with Gasteiger partial charge < -0.3 is 20.0 Å². The van der Waals surface area contributed by atoms with Gasteiger partial charge in [-0.15, -0.1) is 0 Å². The first-order valence-electron chi connectivity index (χ1n) is 6.88. The van der Waals surface area contributed by atoms with Crippen molar-refractivity contribution in [3.8, 4) is 6.01 Å². The number of urea groups is 1. The summed E-state index contributed by atoms with van der Waals surface area (Å²) in [5.41, 5.74) is -0.0360. The predicted octanol–water partition coefficient (Wildman–Crippen LogP) is -0.546. The Hall–Kier alpha value is -3.48. The zero-order valence-corrected chi connectivity index (χ0v) is 14.3. The number of hydrogen-bond acceptors (Lipinski definition) is 9. The number of hydrogen-bond donors (Lipinski definition) is 3. The van der Waals surface area contributed by atoms with E-state index in [9.17, 15) is 23.1 Å². The van der Waals surface area contributed by atoms with Crippen LogP contribution in [-0.2, 0) is 10.0 Å². The number of sulfonamides is 1. The maximum absolute atomic E-state index is 12.2. The molecular formula is C13H13N6O6S-. The predicted molar refractivity (Wildman–Crippen MR) is 85.9 cm³/mol. The fourth-order valence-electron chi connectivity index (χ4n) is 1.77. The number of rotatable bonds is 5. The van der Waals surface area contributed by atoms with Crippen molar-refractivity contribution < 1.29 is 27.9 Å². The van der Waals surface area contributed by atoms with E-state index >= 15 is 0 Å². The summed E-state index contributed by atoms with van der Waals surface area (Å²) in [6.45, 7) is 1.53. The Kier molecular flexibility index (Phi) is 5.51. The van der Waals surface area contributed by atoms with Crippen LogP contribution in [0.4, 0.5) is 21.2 Å². The van der Waals surface area contributed by atoms with Crippen LogP contribution in [0.15, 0.2) is 29.2 Å². The van der Waals surface area contributed by atoms with Crippen LogP contribution >= 0.6 is 0 Å². The van der Waals surface area contributed by atoms with E-state index in [1.54, 1.807) is 4.72 Å². The first-order chi connectivity index (χ1) is 12.2. The zero-order valence-electron chi connectivity index (χ0n) is 13.5. The third-order valence-corrected chi connectivity index (χ3v) is 4.08. The third-order valence-electron chi connectivity index (χ3n) is 2.75. The van der Waals surface area contributed by atoms with E-state index in [-0.39, 0.29) is 28.4 Å². The van der Waals surface area contributed by atoms with Crippen molar-refractivity contribution in [2.24, 2.45) is 0 Å². The maximum atomic E-state index is 12.2. The van der Waals surface area contributed by atoms with Gasteiger partial charge in [0.15, 0.2) is 0 Å². The first kappa shape index (κ1) is 18.9. The number of nitrogens with one attached hydrogen (secondary N) is 3. The maximum Gasteiger partial charge on any atom is 0.335 e. The summed E-state index contributed by atoms with van der Waals surface area (Å²) < 4.78 is 31.0. The van der Waals surface area contributed by atoms with E-state index in [0.717, 1.165) is 6.07 Å². The molecule has 0 radical (unpaired) electrons. The minimum Gasteiger partial charge on any atom is -0.530 e. The Labute approximate surface area is 147 Å². The lowest BCUT2D eigenvalue weighted by molar-refractivity contribution is -0.242. The molecule has 1 heterocycles. The van der Waals surface area contributed by atoms with Crippen molar-refractivity contribution in [1.29, 1.82) is 0 Å². The molecule has 0 saturated carbocycles. The lowest BCUT2D eigenvalue weighted by atomic mass is 10.3. The minimum absolute atomic E-state index is 0.0360. The molecule has 0 bridgehead atoms. The van der Waals surface area contributed by atoms with Crippen LogP contribution in [0.1, 0.15) is 5.82 Å². The summed E-state index contributed by atoms with van der Waals surface area (Å²) in [5, 5.41) is 14.6. The topological polar surface area (TPSA) is 175 Å². The number of carbonyl (C=O) groups is 2. The summed E-state index contributed by atoms with van der Waals surface area (Å²) in [5.74, 6) is 0.0329. The van der Waals surface area contributed by atoms with Crippen molar-refractivity contribution in [1.82, 2.24) is 19.7 Å². The summed E-state index contributed by atoms with van der Waals surface area (Å²) in [6, 6.07) is 3.60. The molecule has 0 aliphatic heterocycles. The Balaban J connectivity index is 2.15. The molecule has 0 fully saturated rings. The Morgan fingerprint density at radius 1 is 1.15 bits per heavy atom. The fraction of sp³-hybridized carbons (Fsp3) is 0.154. The number of anilines is 2. The number of carboxylic acid groups (broad SMARTS) is 1. The summed E-state index contributed by atoms with van der Waals surface area (Å²) in [6.07, 6.45) is -1.61. The molecule has 2 rings (SSSR count). The van der Waals surface area contributed by atoms with Crippen LogP contribution in [0.2, 0.25) is 0 Å². The van der Waals surface area contributed by atoms with Gasteiger partial charge in [0.25, 0.3) is 10.0 Å². The van der Waals surface area contributed by atoms with Gasteiger partial charge in [-0.25, -0.2) is 17.9 Å². The zero-order chi connectivity index (χ0) is 19.3. The summed E-state index contributed by atoms with van der Waals surface area (Å²) in [4.78, 5) is 33.5. The van der Waals surface area contributed by atoms with Gasteiger partial charge in [-0.2, -0.15) is 15.0 Å². The lowest BCUT2D eigenvalue weighted by Crippen LogP contribution is -2.35. The van der Waals surface area contributed by atoms with Crippen molar-refractivity contribution in [2.75, 3.05) is 17.7 Å². The van der Waals surface area contributed by atoms with Crippen LogP contribution in [0.3, 0.4) is 0 Å². The Morgan fingerprint density at radius 2 is 1.88 bits per heavy atom. The fourth-order valence-corrected chi connectivity index (χ4v) is 2.72. The number of benzene rings is 1. The van der Waals surface area contributed by atoms with Crippen LogP contribution in [0.25, 0.3) is 0 Å². The Bertz CT molecular complexity index is 948. The Morgan fingerprint density at radius 3 is 2.54 bits per heavy atom. The molecule has 3 N–H and O–H groups in total. The highest BCUT2D eigenvalue weighted by Gasteiger charge is 2.19. The molecule has 0 aliphatic carbocycles. The third kappa shape index (κ3) is 5.01. The lowest BCUT2D eigenvalue weighted by Gasteiger charge is -2.11. The van der Waals surface area contributed by atoms with Crippen LogP contribution in [0.5, 0.6) is 6.01 Å². The number of aromatic nitrogens is 3. The smallest absolute Gasteiger partial charge is 0.335 e. The van der Waals surface area contributed by atoms with Gasteiger partial charge in [-0.3, -0.25) is 5.32 Å². The highest BCUT2D eigenvalue weighted by Crippen LogP contribution is 2.15. The molecule has 3 amide bonds. The van der Waals surface area contributed by atoms with Crippen molar-refractivity contribution in [3.05, 3.63) is 30.1 Å². The first-order valence-corrected chi connectivity index (χ1v) is 8.36. The monoisotopic (exact) mass is 381 g/mol. The molecule has 2 aromatic rings. The normalized spacial score (nSPS) is 10.7. The van der Waals surface area contributed by atoms with Gasteiger partial charge in [0.2, 0.25) is 5.95 Å². The van der Waals surface area contributed by atoms with E-state index in [1.807, 2.05) is 5.32 Å². The van der Waals surface area contributed by atoms with Gasteiger partial charge in [0.05, 0.1) is 12.0 Å². The largest absolute Gasteiger partial charge is 0.530 e. The number of aryl methyl sites for hydroxylation is 1. The second kappa shape index (κ2) is 7.60. The molecule has 1 aromatic carbocycles. The minimum atomic E-state index is -4.28. The van der Waals surface area contributed by atoms with Crippen molar-refractivity contribution in [2.45, 2.75) is 11.8 Å². The second-order valence-electron chi connectivity index (χ2n) is 4.69. The molecule has 26 heavy (non-hydrogen) atoms. The molecule has 1 aromatic heterocycles. The number of nitrogens with zero attached hydrogens (tertiary/aromatic N) is 3. The number of amides is 3. The van der Waals surface area contributed by atoms with E-state index < -0.39 is 22.1 Å². The molecule has 13 heteroatoms. The molecule has 0 aliphatic rings. The van der Waals surface area contributed by atoms with Gasteiger partial charge in [-0.05, 0) is 25.1 Å². The SMILES string of the molecule is COc1nc(C)nc(NC(=O)NS(=O)(=O)c2cccc(NC(=O)[O-])c2)n1. The molecule has 12 nitrogen and oxygen atoms in total. The average Bonchev–Trinajstić information content (AvgIpc) is 2.53. The molecule has 0 spiro atoms. The average molecular weight is 381 g/mol. The van der Waals surface area contributed by atoms with Crippen LogP contribution in [0, 0.1) is 6.92 Å². The summed E-state index contributed by atoms with van der Waals surface area (Å²) >= 11 is 0. The molecule has 0 atom stereocenters. The van der Waals surface area contributed by atoms with Gasteiger partial charge in [0, 0.05) is 5.69 Å². The van der Waals surface area contributed by atoms with Gasteiger partial charge in [-0.1, -0.05) is 6.07 Å². The quantitative estimate of drug-likeness (QED) is 0.613. The van der Waals surface area contributed by atoms with E-state index in [4.69, 9.17) is 4.74 Å². The molecular weight excluding hydrogens is 368 g/mol. The van der Waals surface area contributed by atoms with Crippen molar-refractivity contribution >= 4 is 33.8 Å². The summed E-state index contributed by atoms with van der Waals surface area (Å²) in [7, 11) is -2.97. The van der Waals surface area contributed by atoms with Crippen LogP contribution < -0.4 is 25.2 Å².